The predicted octanol–water partition coefficient (Wildman–Crippen LogP) is 1.25. The third kappa shape index (κ3) is 3.55. The molecule has 1 aromatic heterocycles. The molecule has 0 aliphatic heterocycles. The number of hydrogen-bond donors (Lipinski definition) is 3. The zero-order valence-corrected chi connectivity index (χ0v) is 17.0. The molecule has 0 aliphatic rings. The molecule has 4 nitrogen and oxygen atoms in total. The van der Waals surface area contributed by atoms with Crippen LogP contribution < -0.4 is 38.7 Å². The van der Waals surface area contributed by atoms with E-state index in [0.29, 0.717) is 22.6 Å². The maximum atomic E-state index is 13.3. The molecule has 0 unspecified atom stereocenters. The quantitative estimate of drug-likeness (QED) is 0.226. The molecule has 4 aromatic rings. The predicted molar refractivity (Wildman–Crippen MR) is 106 cm³/mol. The van der Waals surface area contributed by atoms with E-state index in [1.807, 2.05) is 16.7 Å². The highest BCUT2D eigenvalue weighted by molar-refractivity contribution is 6.10. The number of rotatable bonds is 1. The van der Waals surface area contributed by atoms with Gasteiger partial charge in [0.05, 0.1) is 16.3 Å². The Labute approximate surface area is 175 Å². The van der Waals surface area contributed by atoms with Gasteiger partial charge in [-0.25, -0.2) is 0 Å². The minimum absolute atomic E-state index is 0. The SMILES string of the molecule is C[n+]1c(-c2cc(N)cc(C(F)(F)F)c2)c2cc(N)ccc2c2ccc(N)cc21.[Br-]. The Morgan fingerprint density at radius 2 is 1.34 bits per heavy atom. The molecule has 29 heavy (non-hydrogen) atoms. The fourth-order valence-corrected chi connectivity index (χ4v) is 3.65. The van der Waals surface area contributed by atoms with Gasteiger partial charge in [-0.1, -0.05) is 6.07 Å². The largest absolute Gasteiger partial charge is 1.00 e. The Morgan fingerprint density at radius 1 is 0.724 bits per heavy atom. The van der Waals surface area contributed by atoms with Gasteiger partial charge in [-0.15, -0.1) is 0 Å². The Morgan fingerprint density at radius 3 is 2.00 bits per heavy atom. The van der Waals surface area contributed by atoms with Crippen LogP contribution >= 0.6 is 0 Å². The highest BCUT2D eigenvalue weighted by Gasteiger charge is 2.32. The molecule has 0 bridgehead atoms. The third-order valence-electron chi connectivity index (χ3n) is 4.86. The van der Waals surface area contributed by atoms with Crippen LogP contribution in [0.4, 0.5) is 30.2 Å². The van der Waals surface area contributed by atoms with Crippen LogP contribution in [0.3, 0.4) is 0 Å². The van der Waals surface area contributed by atoms with Gasteiger partial charge in [0.1, 0.15) is 7.05 Å². The number of anilines is 3. The lowest BCUT2D eigenvalue weighted by Gasteiger charge is -2.13. The minimum atomic E-state index is -4.50. The molecule has 0 saturated heterocycles. The van der Waals surface area contributed by atoms with Gasteiger partial charge in [-0.2, -0.15) is 17.7 Å². The Kier molecular flexibility index (Phi) is 5.08. The fraction of sp³-hybridized carbons (Fsp3) is 0.0952. The van der Waals surface area contributed by atoms with E-state index in [2.05, 4.69) is 0 Å². The summed E-state index contributed by atoms with van der Waals surface area (Å²) in [5.74, 6) is 0. The van der Waals surface area contributed by atoms with E-state index >= 15 is 0 Å². The summed E-state index contributed by atoms with van der Waals surface area (Å²) in [6.45, 7) is 0. The highest BCUT2D eigenvalue weighted by atomic mass is 79.9. The average molecular weight is 463 g/mol. The van der Waals surface area contributed by atoms with E-state index in [1.54, 1.807) is 31.3 Å². The number of aryl methyl sites for hydroxylation is 1. The van der Waals surface area contributed by atoms with Gasteiger partial charge in [0, 0.05) is 34.1 Å². The second-order valence-electron chi connectivity index (χ2n) is 6.83. The summed E-state index contributed by atoms with van der Waals surface area (Å²) in [7, 11) is 1.79. The number of benzene rings is 3. The van der Waals surface area contributed by atoms with Crippen LogP contribution in [0, 0.1) is 0 Å². The number of hydrogen-bond acceptors (Lipinski definition) is 3. The lowest BCUT2D eigenvalue weighted by atomic mass is 9.97. The summed E-state index contributed by atoms with van der Waals surface area (Å²) in [6.07, 6.45) is -4.50. The third-order valence-corrected chi connectivity index (χ3v) is 4.86. The van der Waals surface area contributed by atoms with E-state index in [-0.39, 0.29) is 22.7 Å². The van der Waals surface area contributed by atoms with E-state index in [1.165, 1.54) is 6.07 Å². The van der Waals surface area contributed by atoms with E-state index < -0.39 is 11.7 Å². The average Bonchev–Trinajstić information content (AvgIpc) is 2.61. The number of aromatic nitrogens is 1. The van der Waals surface area contributed by atoms with Gasteiger partial charge in [0.2, 0.25) is 11.2 Å². The van der Waals surface area contributed by atoms with Gasteiger partial charge in [-0.05, 0) is 42.5 Å². The van der Waals surface area contributed by atoms with Crippen LogP contribution in [-0.2, 0) is 13.2 Å². The number of fused-ring (bicyclic) bond motifs is 3. The Hall–Kier alpha value is -3.00. The number of nitrogens with two attached hydrogens (primary N) is 3. The number of nitrogen functional groups attached to an aromatic ring is 3. The molecule has 8 heteroatoms. The van der Waals surface area contributed by atoms with Crippen LogP contribution in [0.2, 0.25) is 0 Å². The molecule has 0 spiro atoms. The van der Waals surface area contributed by atoms with Crippen molar-refractivity contribution in [1.29, 1.82) is 0 Å². The Balaban J connectivity index is 0.00000240. The summed E-state index contributed by atoms with van der Waals surface area (Å²) >= 11 is 0. The van der Waals surface area contributed by atoms with Gasteiger partial charge in [-0.3, -0.25) is 0 Å². The first-order valence-electron chi connectivity index (χ1n) is 8.54. The van der Waals surface area contributed by atoms with Gasteiger partial charge in [0.15, 0.2) is 0 Å². The molecule has 0 amide bonds. The summed E-state index contributed by atoms with van der Waals surface area (Å²) < 4.78 is 41.9. The zero-order valence-electron chi connectivity index (χ0n) is 15.4. The standard InChI is InChI=1S/C21H17F3N4.BrH/c1-28-19-10-14(26)3-5-17(19)16-4-2-13(25)9-18(16)20(28)11-6-12(21(22,23)24)8-15(27)7-11;/h2-10,26H,25,27H2,1H3;1H. The van der Waals surface area contributed by atoms with Gasteiger partial charge in [0.25, 0.3) is 0 Å². The van der Waals surface area contributed by atoms with Crippen LogP contribution in [0.5, 0.6) is 0 Å². The Bertz CT molecular complexity index is 1250. The van der Waals surface area contributed by atoms with Gasteiger partial charge >= 0.3 is 6.18 Å². The van der Waals surface area contributed by atoms with E-state index in [0.717, 1.165) is 33.8 Å². The van der Waals surface area contributed by atoms with Crippen LogP contribution in [-0.4, -0.2) is 0 Å². The highest BCUT2D eigenvalue weighted by Crippen LogP contribution is 2.37. The molecular formula is C21H18BrF3N4. The zero-order chi connectivity index (χ0) is 20.2. The molecular weight excluding hydrogens is 445 g/mol. The van der Waals surface area contributed by atoms with Crippen molar-refractivity contribution in [2.24, 2.45) is 7.05 Å². The van der Waals surface area contributed by atoms with Crippen molar-refractivity contribution < 1.29 is 34.7 Å². The van der Waals surface area contributed by atoms with Crippen molar-refractivity contribution >= 4 is 38.7 Å². The molecule has 150 valence electrons. The first kappa shape index (κ1) is 20.7. The normalized spacial score (nSPS) is 11.6. The van der Waals surface area contributed by atoms with Crippen LogP contribution in [0.1, 0.15) is 5.56 Å². The smallest absolute Gasteiger partial charge is 0.416 e. The minimum Gasteiger partial charge on any atom is -1.00 e. The number of pyridine rings is 1. The van der Waals surface area contributed by atoms with Crippen molar-refractivity contribution in [1.82, 2.24) is 0 Å². The number of nitrogens with zero attached hydrogens (tertiary/aromatic N) is 1. The summed E-state index contributed by atoms with van der Waals surface area (Å²) in [5.41, 5.74) is 19.8. The molecule has 1 heterocycles. The molecule has 0 radical (unpaired) electrons. The number of alkyl halides is 3. The maximum absolute atomic E-state index is 13.3. The van der Waals surface area contributed by atoms with E-state index in [4.69, 9.17) is 17.2 Å². The second kappa shape index (κ2) is 7.11. The van der Waals surface area contributed by atoms with Crippen molar-refractivity contribution in [3.63, 3.8) is 0 Å². The second-order valence-corrected chi connectivity index (χ2v) is 6.83. The molecule has 6 N–H and O–H groups in total. The van der Waals surface area contributed by atoms with Crippen LogP contribution in [0.15, 0.2) is 54.6 Å². The van der Waals surface area contributed by atoms with Crippen molar-refractivity contribution in [3.05, 3.63) is 60.2 Å². The first-order valence-corrected chi connectivity index (χ1v) is 8.54. The topological polar surface area (TPSA) is 81.9 Å². The summed E-state index contributed by atoms with van der Waals surface area (Å²) in [4.78, 5) is 0. The summed E-state index contributed by atoms with van der Waals surface area (Å²) in [6, 6.07) is 14.4. The molecule has 0 atom stereocenters. The van der Waals surface area contributed by atoms with Crippen LogP contribution in [0.25, 0.3) is 32.9 Å². The summed E-state index contributed by atoms with van der Waals surface area (Å²) in [5, 5.41) is 2.53. The lowest BCUT2D eigenvalue weighted by Crippen LogP contribution is -3.00. The van der Waals surface area contributed by atoms with Crippen molar-refractivity contribution in [3.8, 4) is 11.3 Å². The van der Waals surface area contributed by atoms with E-state index in [9.17, 15) is 13.2 Å². The van der Waals surface area contributed by atoms with Gasteiger partial charge < -0.3 is 34.2 Å². The van der Waals surface area contributed by atoms with Crippen molar-refractivity contribution in [2.45, 2.75) is 6.18 Å². The molecule has 3 aromatic carbocycles. The number of halogens is 4. The lowest BCUT2D eigenvalue weighted by molar-refractivity contribution is -0.632. The fourth-order valence-electron chi connectivity index (χ4n) is 3.65. The first-order chi connectivity index (χ1) is 13.1. The molecule has 4 rings (SSSR count). The molecule has 0 aliphatic carbocycles. The monoisotopic (exact) mass is 462 g/mol. The molecule has 0 fully saturated rings. The maximum Gasteiger partial charge on any atom is 0.416 e. The molecule has 0 saturated carbocycles. The van der Waals surface area contributed by atoms with Crippen molar-refractivity contribution in [2.75, 3.05) is 17.2 Å².